The summed E-state index contributed by atoms with van der Waals surface area (Å²) in [5, 5.41) is 3.19. The van der Waals surface area contributed by atoms with E-state index in [0.29, 0.717) is 12.0 Å². The van der Waals surface area contributed by atoms with Gasteiger partial charge in [-0.05, 0) is 69.9 Å². The highest BCUT2D eigenvalue weighted by Gasteiger charge is 2.47. The van der Waals surface area contributed by atoms with Gasteiger partial charge < -0.3 is 15.2 Å². The van der Waals surface area contributed by atoms with Crippen LogP contribution in [0.4, 0.5) is 0 Å². The summed E-state index contributed by atoms with van der Waals surface area (Å²) in [4.78, 5) is 25.8. The van der Waals surface area contributed by atoms with E-state index in [2.05, 4.69) is 39.1 Å². The van der Waals surface area contributed by atoms with Gasteiger partial charge in [-0.3, -0.25) is 9.69 Å². The summed E-state index contributed by atoms with van der Waals surface area (Å²) >= 11 is 0. The molecule has 0 bridgehead atoms. The first-order valence-corrected chi connectivity index (χ1v) is 10.7. The van der Waals surface area contributed by atoms with E-state index in [1.165, 1.54) is 12.8 Å². The Hall–Kier alpha value is -1.92. The SMILES string of the molecule is CCCN1CC2(CCN(C)CC2)CC1C(=O)NCCc1nc2ccccc2[nH]1. The number of nitrogens with zero attached hydrogens (tertiary/aromatic N) is 3. The zero-order chi connectivity index (χ0) is 19.6. The van der Waals surface area contributed by atoms with E-state index < -0.39 is 0 Å². The van der Waals surface area contributed by atoms with Crippen LogP contribution in [0, 0.1) is 5.41 Å². The monoisotopic (exact) mass is 383 g/mol. The second kappa shape index (κ2) is 8.21. The van der Waals surface area contributed by atoms with Crippen LogP contribution in [0.3, 0.4) is 0 Å². The van der Waals surface area contributed by atoms with E-state index in [9.17, 15) is 4.79 Å². The number of benzene rings is 1. The molecule has 152 valence electrons. The van der Waals surface area contributed by atoms with Gasteiger partial charge in [-0.1, -0.05) is 19.1 Å². The molecule has 0 aliphatic carbocycles. The van der Waals surface area contributed by atoms with Gasteiger partial charge in [0.05, 0.1) is 17.1 Å². The molecule has 28 heavy (non-hydrogen) atoms. The Morgan fingerprint density at radius 1 is 1.32 bits per heavy atom. The fourth-order valence-electron chi connectivity index (χ4n) is 4.93. The Kier molecular flexibility index (Phi) is 5.69. The van der Waals surface area contributed by atoms with Gasteiger partial charge in [0, 0.05) is 19.5 Å². The van der Waals surface area contributed by atoms with Crippen molar-refractivity contribution in [2.24, 2.45) is 5.41 Å². The maximum absolute atomic E-state index is 13.0. The van der Waals surface area contributed by atoms with Gasteiger partial charge in [-0.2, -0.15) is 0 Å². The molecule has 3 heterocycles. The number of nitrogens with one attached hydrogen (secondary N) is 2. The number of aromatic nitrogens is 2. The molecule has 2 fully saturated rings. The number of fused-ring (bicyclic) bond motifs is 1. The minimum absolute atomic E-state index is 0.0269. The maximum Gasteiger partial charge on any atom is 0.237 e. The number of amides is 1. The standard InChI is InChI=1S/C22H33N5O/c1-3-12-27-16-22(9-13-26(2)14-10-22)15-19(27)21(28)23-11-8-20-24-17-6-4-5-7-18(17)25-20/h4-7,19H,3,8-16H2,1-2H3,(H,23,28)(H,24,25). The summed E-state index contributed by atoms with van der Waals surface area (Å²) in [7, 11) is 2.20. The van der Waals surface area contributed by atoms with Crippen molar-refractivity contribution < 1.29 is 4.79 Å². The number of aromatic amines is 1. The average molecular weight is 384 g/mol. The number of para-hydroxylation sites is 2. The lowest BCUT2D eigenvalue weighted by Gasteiger charge is -2.37. The van der Waals surface area contributed by atoms with E-state index in [1.54, 1.807) is 0 Å². The van der Waals surface area contributed by atoms with E-state index in [0.717, 1.165) is 62.3 Å². The largest absolute Gasteiger partial charge is 0.354 e. The van der Waals surface area contributed by atoms with Crippen LogP contribution in [0.2, 0.25) is 0 Å². The van der Waals surface area contributed by atoms with E-state index in [4.69, 9.17) is 0 Å². The molecule has 2 aromatic rings. The summed E-state index contributed by atoms with van der Waals surface area (Å²) < 4.78 is 0. The Morgan fingerprint density at radius 3 is 2.86 bits per heavy atom. The second-order valence-corrected chi connectivity index (χ2v) is 8.74. The second-order valence-electron chi connectivity index (χ2n) is 8.74. The van der Waals surface area contributed by atoms with E-state index in [-0.39, 0.29) is 11.9 Å². The first kappa shape index (κ1) is 19.4. The van der Waals surface area contributed by atoms with Gasteiger partial charge in [-0.25, -0.2) is 4.98 Å². The Balaban J connectivity index is 1.34. The molecule has 6 nitrogen and oxygen atoms in total. The summed E-state index contributed by atoms with van der Waals surface area (Å²) in [6.07, 6.45) is 5.27. The number of rotatable bonds is 6. The zero-order valence-electron chi connectivity index (χ0n) is 17.2. The van der Waals surface area contributed by atoms with Gasteiger partial charge in [0.15, 0.2) is 0 Å². The Labute approximate surface area is 167 Å². The first-order chi connectivity index (χ1) is 13.6. The van der Waals surface area contributed by atoms with Gasteiger partial charge >= 0.3 is 0 Å². The molecule has 0 radical (unpaired) electrons. The predicted octanol–water partition coefficient (Wildman–Crippen LogP) is 2.42. The van der Waals surface area contributed by atoms with Gasteiger partial charge in [0.1, 0.15) is 5.82 Å². The molecule has 2 saturated heterocycles. The molecule has 6 heteroatoms. The minimum atomic E-state index is 0.0269. The van der Waals surface area contributed by atoms with E-state index >= 15 is 0 Å². The number of imidazole rings is 1. The third kappa shape index (κ3) is 4.08. The Morgan fingerprint density at radius 2 is 2.11 bits per heavy atom. The number of carbonyl (C=O) groups excluding carboxylic acids is 1. The Bertz CT molecular complexity index is 775. The molecule has 2 aliphatic rings. The van der Waals surface area contributed by atoms with Gasteiger partial charge in [0.25, 0.3) is 0 Å². The minimum Gasteiger partial charge on any atom is -0.354 e. The van der Waals surface area contributed by atoms with Crippen molar-refractivity contribution in [3.8, 4) is 0 Å². The van der Waals surface area contributed by atoms with Crippen LogP contribution in [0.25, 0.3) is 11.0 Å². The lowest BCUT2D eigenvalue weighted by Crippen LogP contribution is -2.44. The molecule has 0 saturated carbocycles. The van der Waals surface area contributed by atoms with Crippen molar-refractivity contribution in [3.05, 3.63) is 30.1 Å². The van der Waals surface area contributed by atoms with Crippen molar-refractivity contribution >= 4 is 16.9 Å². The number of H-pyrrole nitrogens is 1. The molecule has 1 amide bonds. The third-order valence-corrected chi connectivity index (χ3v) is 6.57. The van der Waals surface area contributed by atoms with Crippen LogP contribution in [0.15, 0.2) is 24.3 Å². The maximum atomic E-state index is 13.0. The predicted molar refractivity (Wildman–Crippen MR) is 112 cm³/mol. The molecule has 2 N–H and O–H groups in total. The van der Waals surface area contributed by atoms with Crippen molar-refractivity contribution in [2.75, 3.05) is 39.8 Å². The van der Waals surface area contributed by atoms with Crippen LogP contribution in [0.1, 0.15) is 38.4 Å². The molecule has 1 aromatic heterocycles. The summed E-state index contributed by atoms with van der Waals surface area (Å²) in [5.41, 5.74) is 2.37. The summed E-state index contributed by atoms with van der Waals surface area (Å²) in [6, 6.07) is 8.07. The lowest BCUT2D eigenvalue weighted by atomic mass is 9.76. The number of hydrogen-bond donors (Lipinski definition) is 2. The topological polar surface area (TPSA) is 64.3 Å². The van der Waals surface area contributed by atoms with Crippen molar-refractivity contribution in [1.82, 2.24) is 25.1 Å². The highest BCUT2D eigenvalue weighted by Crippen LogP contribution is 2.43. The van der Waals surface area contributed by atoms with Gasteiger partial charge in [0.2, 0.25) is 5.91 Å². The van der Waals surface area contributed by atoms with Crippen LogP contribution in [-0.2, 0) is 11.2 Å². The number of likely N-dealkylation sites (tertiary alicyclic amines) is 2. The van der Waals surface area contributed by atoms with Crippen molar-refractivity contribution in [1.29, 1.82) is 0 Å². The molecule has 1 atom stereocenters. The van der Waals surface area contributed by atoms with Crippen LogP contribution in [0.5, 0.6) is 0 Å². The zero-order valence-corrected chi connectivity index (χ0v) is 17.2. The highest BCUT2D eigenvalue weighted by molar-refractivity contribution is 5.82. The quantitative estimate of drug-likeness (QED) is 0.804. The molecule has 1 spiro atoms. The molecular formula is C22H33N5O. The fourth-order valence-corrected chi connectivity index (χ4v) is 4.93. The van der Waals surface area contributed by atoms with Crippen molar-refractivity contribution in [2.45, 2.75) is 45.1 Å². The number of carbonyl (C=O) groups is 1. The lowest BCUT2D eigenvalue weighted by molar-refractivity contribution is -0.125. The van der Waals surface area contributed by atoms with Gasteiger partial charge in [-0.15, -0.1) is 0 Å². The smallest absolute Gasteiger partial charge is 0.237 e. The van der Waals surface area contributed by atoms with Crippen LogP contribution >= 0.6 is 0 Å². The summed E-state index contributed by atoms with van der Waals surface area (Å²) in [6.45, 7) is 7.23. The number of hydrogen-bond acceptors (Lipinski definition) is 4. The molecule has 1 unspecified atom stereocenters. The fraction of sp³-hybridized carbons (Fsp3) is 0.636. The number of piperidine rings is 1. The van der Waals surface area contributed by atoms with Crippen LogP contribution < -0.4 is 5.32 Å². The van der Waals surface area contributed by atoms with Crippen molar-refractivity contribution in [3.63, 3.8) is 0 Å². The van der Waals surface area contributed by atoms with E-state index in [1.807, 2.05) is 24.3 Å². The van der Waals surface area contributed by atoms with Crippen LogP contribution in [-0.4, -0.2) is 71.5 Å². The molecule has 2 aliphatic heterocycles. The molecule has 4 rings (SSSR count). The first-order valence-electron chi connectivity index (χ1n) is 10.7. The average Bonchev–Trinajstić information content (AvgIpc) is 3.26. The normalized spacial score (nSPS) is 22.9. The highest BCUT2D eigenvalue weighted by atomic mass is 16.2. The molecule has 1 aromatic carbocycles. The molecular weight excluding hydrogens is 350 g/mol. The third-order valence-electron chi connectivity index (χ3n) is 6.57. The summed E-state index contributed by atoms with van der Waals surface area (Å²) in [5.74, 6) is 1.13.